The van der Waals surface area contributed by atoms with Crippen LogP contribution in [0.1, 0.15) is 32.4 Å². The second-order valence-electron chi connectivity index (χ2n) is 6.14. The summed E-state index contributed by atoms with van der Waals surface area (Å²) >= 11 is 8.29. The fraction of sp³-hybridized carbons (Fsp3) is 0.0500. The Morgan fingerprint density at radius 3 is 2.68 bits per heavy atom. The van der Waals surface area contributed by atoms with Gasteiger partial charge >= 0.3 is 0 Å². The number of carbonyl (C=O) groups is 2. The molecule has 0 radical (unpaired) electrons. The van der Waals surface area contributed by atoms with Crippen LogP contribution in [0.2, 0.25) is 5.02 Å². The summed E-state index contributed by atoms with van der Waals surface area (Å²) in [5.74, 6) is -0.710. The number of hydrogen-bond acceptors (Lipinski definition) is 4. The first kappa shape index (κ1) is 18.7. The van der Waals surface area contributed by atoms with Crippen molar-refractivity contribution in [2.75, 3.05) is 5.32 Å². The summed E-state index contributed by atoms with van der Waals surface area (Å²) in [4.78, 5) is 29.8. The molecule has 6 nitrogen and oxygen atoms in total. The number of nitrogens with one attached hydrogen (secondary N) is 2. The van der Waals surface area contributed by atoms with Gasteiger partial charge in [-0.3, -0.25) is 20.0 Å². The zero-order valence-corrected chi connectivity index (χ0v) is 17.3. The van der Waals surface area contributed by atoms with Gasteiger partial charge < -0.3 is 5.32 Å². The molecule has 0 spiro atoms. The molecule has 3 aromatic rings. The number of hydrogen-bond donors (Lipinski definition) is 2. The van der Waals surface area contributed by atoms with E-state index in [1.54, 1.807) is 36.4 Å². The van der Waals surface area contributed by atoms with Crippen LogP contribution in [0.5, 0.6) is 0 Å². The molecule has 2 N–H and O–H groups in total. The molecule has 0 aliphatic carbocycles. The molecule has 2 amide bonds. The van der Waals surface area contributed by atoms with Gasteiger partial charge in [0.15, 0.2) is 0 Å². The summed E-state index contributed by atoms with van der Waals surface area (Å²) < 4.78 is 0.924. The lowest BCUT2D eigenvalue weighted by atomic mass is 10.0. The van der Waals surface area contributed by atoms with Gasteiger partial charge in [0, 0.05) is 32.2 Å². The van der Waals surface area contributed by atoms with E-state index in [4.69, 9.17) is 11.6 Å². The molecule has 0 saturated carbocycles. The zero-order chi connectivity index (χ0) is 19.7. The number of aromatic nitrogens is 1. The van der Waals surface area contributed by atoms with Crippen molar-refractivity contribution >= 4 is 51.7 Å². The van der Waals surface area contributed by atoms with Gasteiger partial charge in [-0.15, -0.1) is 0 Å². The monoisotopic (exact) mass is 504 g/mol. The van der Waals surface area contributed by atoms with Crippen LogP contribution >= 0.6 is 34.2 Å². The molecule has 1 aliphatic rings. The molecule has 2 heterocycles. The zero-order valence-electron chi connectivity index (χ0n) is 14.4. The highest BCUT2D eigenvalue weighted by Crippen LogP contribution is 2.33. The van der Waals surface area contributed by atoms with Crippen molar-refractivity contribution in [3.8, 4) is 0 Å². The highest BCUT2D eigenvalue weighted by atomic mass is 127. The highest BCUT2D eigenvalue weighted by molar-refractivity contribution is 14.1. The number of pyridine rings is 1. The Balaban J connectivity index is 1.74. The number of carbonyl (C=O) groups excluding carboxylic acids is 2. The molecule has 1 aliphatic heterocycles. The lowest BCUT2D eigenvalue weighted by molar-refractivity contribution is 0.0491. The number of nitrogens with zero attached hydrogens (tertiary/aromatic N) is 2. The number of fused-ring (bicyclic) bond motifs is 1. The van der Waals surface area contributed by atoms with Crippen LogP contribution in [0, 0.1) is 3.57 Å². The van der Waals surface area contributed by atoms with Gasteiger partial charge in [0.05, 0.1) is 5.56 Å². The van der Waals surface area contributed by atoms with Crippen molar-refractivity contribution in [1.82, 2.24) is 15.4 Å². The van der Waals surface area contributed by atoms with Crippen LogP contribution in [-0.4, -0.2) is 21.8 Å². The Bertz CT molecular complexity index is 1060. The van der Waals surface area contributed by atoms with Gasteiger partial charge in [-0.25, -0.2) is 5.01 Å². The summed E-state index contributed by atoms with van der Waals surface area (Å²) in [7, 11) is 0. The number of hydrazine groups is 1. The van der Waals surface area contributed by atoms with Crippen molar-refractivity contribution in [3.05, 3.63) is 92.3 Å². The van der Waals surface area contributed by atoms with E-state index in [0.29, 0.717) is 21.8 Å². The largest absolute Gasteiger partial charge is 0.359 e. The first-order valence-corrected chi connectivity index (χ1v) is 9.85. The topological polar surface area (TPSA) is 74.3 Å². The maximum absolute atomic E-state index is 13.2. The Labute approximate surface area is 180 Å². The van der Waals surface area contributed by atoms with E-state index >= 15 is 0 Å². The predicted molar refractivity (Wildman–Crippen MR) is 115 cm³/mol. The third-order valence-electron chi connectivity index (χ3n) is 4.31. The van der Waals surface area contributed by atoms with E-state index < -0.39 is 12.1 Å². The minimum Gasteiger partial charge on any atom is -0.359 e. The van der Waals surface area contributed by atoms with E-state index in [9.17, 15) is 9.59 Å². The van der Waals surface area contributed by atoms with Gasteiger partial charge in [0.25, 0.3) is 11.8 Å². The maximum atomic E-state index is 13.2. The quantitative estimate of drug-likeness (QED) is 0.523. The Kier molecular flexibility index (Phi) is 5.19. The highest BCUT2D eigenvalue weighted by Gasteiger charge is 2.34. The summed E-state index contributed by atoms with van der Waals surface area (Å²) in [6, 6.07) is 15.9. The van der Waals surface area contributed by atoms with Gasteiger partial charge in [0.2, 0.25) is 0 Å². The molecule has 0 unspecified atom stereocenters. The summed E-state index contributed by atoms with van der Waals surface area (Å²) in [6.07, 6.45) is 2.44. The van der Waals surface area contributed by atoms with Crippen LogP contribution in [0.25, 0.3) is 0 Å². The minimum atomic E-state index is -0.607. The van der Waals surface area contributed by atoms with Crippen molar-refractivity contribution in [1.29, 1.82) is 0 Å². The second kappa shape index (κ2) is 7.76. The number of anilines is 1. The molecule has 1 atom stereocenters. The fourth-order valence-corrected chi connectivity index (χ4v) is 3.67. The summed E-state index contributed by atoms with van der Waals surface area (Å²) in [5, 5.41) is 5.16. The molecule has 0 fully saturated rings. The minimum absolute atomic E-state index is 0.306. The first-order valence-electron chi connectivity index (χ1n) is 8.39. The van der Waals surface area contributed by atoms with Crippen LogP contribution < -0.4 is 10.7 Å². The van der Waals surface area contributed by atoms with Gasteiger partial charge in [0.1, 0.15) is 6.17 Å². The molecule has 28 heavy (non-hydrogen) atoms. The van der Waals surface area contributed by atoms with Gasteiger partial charge in [-0.2, -0.15) is 0 Å². The van der Waals surface area contributed by atoms with E-state index in [1.165, 1.54) is 17.4 Å². The van der Waals surface area contributed by atoms with Gasteiger partial charge in [-0.05, 0) is 70.6 Å². The summed E-state index contributed by atoms with van der Waals surface area (Å²) in [5.41, 5.74) is 5.06. The smallest absolute Gasteiger partial charge is 0.276 e. The third kappa shape index (κ3) is 3.67. The van der Waals surface area contributed by atoms with E-state index in [2.05, 4.69) is 38.3 Å². The normalized spacial score (nSPS) is 15.6. The molecule has 2 aromatic carbocycles. The summed E-state index contributed by atoms with van der Waals surface area (Å²) in [6.45, 7) is 0. The predicted octanol–water partition coefficient (Wildman–Crippen LogP) is 4.25. The van der Waals surface area contributed by atoms with Crippen LogP contribution in [0.3, 0.4) is 0 Å². The lowest BCUT2D eigenvalue weighted by Crippen LogP contribution is -2.52. The molecule has 140 valence electrons. The molecule has 0 saturated heterocycles. The molecule has 0 bridgehead atoms. The molecule has 1 aromatic heterocycles. The van der Waals surface area contributed by atoms with Crippen LogP contribution in [0.4, 0.5) is 5.69 Å². The van der Waals surface area contributed by atoms with E-state index in [1.807, 2.05) is 18.2 Å². The first-order chi connectivity index (χ1) is 13.5. The Morgan fingerprint density at radius 2 is 1.93 bits per heavy atom. The van der Waals surface area contributed by atoms with E-state index in [0.717, 1.165) is 9.13 Å². The Morgan fingerprint density at radius 1 is 1.14 bits per heavy atom. The Hall–Kier alpha value is -2.65. The van der Waals surface area contributed by atoms with Crippen molar-refractivity contribution < 1.29 is 9.59 Å². The van der Waals surface area contributed by atoms with Gasteiger partial charge in [-0.1, -0.05) is 23.7 Å². The second-order valence-corrected chi connectivity index (χ2v) is 7.83. The standard InChI is InChI=1S/C20H14ClIN4O2/c21-14-3-1-2-13(10-14)18-24-17-5-4-15(22)11-16(17)20(28)26(18)25-19(27)12-6-8-23-9-7-12/h1-11,18,24H,(H,25,27)/t18-/m0/s1. The SMILES string of the molecule is O=C(NN1C(=O)c2cc(I)ccc2N[C@@H]1c1cccc(Cl)c1)c1ccncc1. The van der Waals surface area contributed by atoms with Crippen LogP contribution in [0.15, 0.2) is 67.0 Å². The fourth-order valence-electron chi connectivity index (χ4n) is 2.98. The van der Waals surface area contributed by atoms with Crippen LogP contribution in [-0.2, 0) is 0 Å². The number of rotatable bonds is 3. The molecule has 8 heteroatoms. The maximum Gasteiger partial charge on any atom is 0.276 e. The third-order valence-corrected chi connectivity index (χ3v) is 5.22. The molecule has 4 rings (SSSR count). The average molecular weight is 505 g/mol. The number of amides is 2. The molecular formula is C20H14ClIN4O2. The van der Waals surface area contributed by atoms with E-state index in [-0.39, 0.29) is 5.91 Å². The molecular weight excluding hydrogens is 491 g/mol. The van der Waals surface area contributed by atoms with Crippen molar-refractivity contribution in [2.45, 2.75) is 6.17 Å². The lowest BCUT2D eigenvalue weighted by Gasteiger charge is -2.38. The van der Waals surface area contributed by atoms with Crippen molar-refractivity contribution in [2.24, 2.45) is 0 Å². The number of benzene rings is 2. The van der Waals surface area contributed by atoms with Crippen molar-refractivity contribution in [3.63, 3.8) is 0 Å². The number of halogens is 2. The average Bonchev–Trinajstić information content (AvgIpc) is 2.71.